The van der Waals surface area contributed by atoms with Gasteiger partial charge in [0.1, 0.15) is 12.6 Å². The average Bonchev–Trinajstić information content (AvgIpc) is 3.24. The second kappa shape index (κ2) is 10.2. The maximum absolute atomic E-state index is 13.2. The molecule has 1 aliphatic rings. The highest BCUT2D eigenvalue weighted by atomic mass is 16.6. The van der Waals surface area contributed by atoms with Crippen molar-refractivity contribution in [1.29, 1.82) is 0 Å². The van der Waals surface area contributed by atoms with Crippen LogP contribution >= 0.6 is 0 Å². The van der Waals surface area contributed by atoms with E-state index in [1.807, 2.05) is 66.7 Å². The Labute approximate surface area is 197 Å². The van der Waals surface area contributed by atoms with Crippen LogP contribution in [0.4, 0.5) is 10.5 Å². The van der Waals surface area contributed by atoms with Crippen LogP contribution in [0.5, 0.6) is 0 Å². The minimum absolute atomic E-state index is 0.0105. The molecule has 7 nitrogen and oxygen atoms in total. The number of carboxylic acids is 1. The van der Waals surface area contributed by atoms with E-state index in [0.29, 0.717) is 12.1 Å². The minimum Gasteiger partial charge on any atom is -0.481 e. The molecule has 34 heavy (non-hydrogen) atoms. The third kappa shape index (κ3) is 4.78. The monoisotopic (exact) mass is 459 g/mol. The first kappa shape index (κ1) is 23.0. The molecule has 0 fully saturated rings. The molecule has 7 heteroatoms. The van der Waals surface area contributed by atoms with Crippen LogP contribution in [-0.2, 0) is 32.1 Å². The molecule has 0 heterocycles. The number of hydrogen-bond donors (Lipinski definition) is 1. The third-order valence-electron chi connectivity index (χ3n) is 5.90. The number of esters is 1. The number of methoxy groups -OCH3 is 1. The number of aliphatic carboxylic acids is 1. The molecule has 0 saturated heterocycles. The summed E-state index contributed by atoms with van der Waals surface area (Å²) in [6.07, 6.45) is -0.598. The fourth-order valence-corrected chi connectivity index (χ4v) is 4.30. The molecule has 1 amide bonds. The van der Waals surface area contributed by atoms with Gasteiger partial charge in [0.2, 0.25) is 0 Å². The molecule has 0 saturated carbocycles. The van der Waals surface area contributed by atoms with E-state index in [-0.39, 0.29) is 19.4 Å². The first-order chi connectivity index (χ1) is 16.5. The Morgan fingerprint density at radius 3 is 2.38 bits per heavy atom. The number of carbonyl (C=O) groups is 3. The van der Waals surface area contributed by atoms with Crippen LogP contribution in [0, 0.1) is 0 Å². The van der Waals surface area contributed by atoms with Crippen molar-refractivity contribution in [3.8, 4) is 11.1 Å². The predicted octanol–water partition coefficient (Wildman–Crippen LogP) is 4.81. The summed E-state index contributed by atoms with van der Waals surface area (Å²) in [6.45, 7) is 0.0105. The van der Waals surface area contributed by atoms with Crippen LogP contribution in [0.25, 0.3) is 11.1 Å². The summed E-state index contributed by atoms with van der Waals surface area (Å²) in [5, 5.41) is 9.29. The molecular formula is C27H25NO6. The van der Waals surface area contributed by atoms with E-state index in [4.69, 9.17) is 9.47 Å². The minimum atomic E-state index is -1.16. The first-order valence-electron chi connectivity index (χ1n) is 11.0. The summed E-state index contributed by atoms with van der Waals surface area (Å²) in [5.41, 5.74) is 5.32. The summed E-state index contributed by atoms with van der Waals surface area (Å²) in [6, 6.07) is 21.5. The number of hydrogen-bond acceptors (Lipinski definition) is 5. The molecule has 0 spiro atoms. The lowest BCUT2D eigenvalue weighted by atomic mass is 10.0. The van der Waals surface area contributed by atoms with Crippen LogP contribution in [0.2, 0.25) is 0 Å². The van der Waals surface area contributed by atoms with E-state index in [2.05, 4.69) is 0 Å². The smallest absolute Gasteiger partial charge is 0.414 e. The molecule has 3 aromatic carbocycles. The Morgan fingerprint density at radius 1 is 0.941 bits per heavy atom. The average molecular weight is 459 g/mol. The van der Waals surface area contributed by atoms with Crippen molar-refractivity contribution in [3.63, 3.8) is 0 Å². The Kier molecular flexibility index (Phi) is 6.92. The van der Waals surface area contributed by atoms with Crippen molar-refractivity contribution >= 4 is 23.7 Å². The van der Waals surface area contributed by atoms with Gasteiger partial charge in [-0.3, -0.25) is 9.69 Å². The molecule has 174 valence electrons. The number of nitrogens with zero attached hydrogens (tertiary/aromatic N) is 1. The maximum Gasteiger partial charge on any atom is 0.414 e. The number of ether oxygens (including phenoxy) is 2. The van der Waals surface area contributed by atoms with Gasteiger partial charge in [-0.25, -0.2) is 9.59 Å². The summed E-state index contributed by atoms with van der Waals surface area (Å²) in [7, 11) is 1.23. The summed E-state index contributed by atoms with van der Waals surface area (Å²) in [4.78, 5) is 38.8. The molecule has 1 N–H and O–H groups in total. The number of carboxylic acid groups (broad SMARTS) is 1. The lowest BCUT2D eigenvalue weighted by Crippen LogP contribution is -2.47. The largest absolute Gasteiger partial charge is 0.481 e. The first-order valence-corrected chi connectivity index (χ1v) is 11.0. The maximum atomic E-state index is 13.2. The Hall–Kier alpha value is -4.13. The van der Waals surface area contributed by atoms with Gasteiger partial charge in [0.15, 0.2) is 0 Å². The summed E-state index contributed by atoms with van der Waals surface area (Å²) in [5.74, 6) is -1.76. The molecule has 1 aliphatic carbocycles. The number of anilines is 1. The molecular weight excluding hydrogens is 434 g/mol. The van der Waals surface area contributed by atoms with Gasteiger partial charge < -0.3 is 14.6 Å². The summed E-state index contributed by atoms with van der Waals surface area (Å²) >= 11 is 0. The van der Waals surface area contributed by atoms with Gasteiger partial charge in [-0.15, -0.1) is 0 Å². The molecule has 4 rings (SSSR count). The van der Waals surface area contributed by atoms with Gasteiger partial charge in [-0.2, -0.15) is 0 Å². The SMILES string of the molecule is COC(=O)N(c1cccc2c1Cc1ccccc1-2)[C@@H](CCC(=O)O)C(=O)OCc1ccccc1. The van der Waals surface area contributed by atoms with Crippen LogP contribution in [0.1, 0.15) is 29.5 Å². The molecule has 3 aromatic rings. The Bertz CT molecular complexity index is 1210. The fraction of sp³-hybridized carbons (Fsp3) is 0.222. The Morgan fingerprint density at radius 2 is 1.65 bits per heavy atom. The third-order valence-corrected chi connectivity index (χ3v) is 5.90. The van der Waals surface area contributed by atoms with Crippen molar-refractivity contribution in [2.24, 2.45) is 0 Å². The summed E-state index contributed by atoms with van der Waals surface area (Å²) < 4.78 is 10.6. The van der Waals surface area contributed by atoms with Gasteiger partial charge in [0.05, 0.1) is 12.8 Å². The second-order valence-electron chi connectivity index (χ2n) is 8.02. The molecule has 0 aromatic heterocycles. The normalized spacial score (nSPS) is 12.3. The molecule has 0 bridgehead atoms. The van der Waals surface area contributed by atoms with Gasteiger partial charge >= 0.3 is 18.0 Å². The van der Waals surface area contributed by atoms with E-state index in [0.717, 1.165) is 27.8 Å². The van der Waals surface area contributed by atoms with Crippen LogP contribution in [0.3, 0.4) is 0 Å². The van der Waals surface area contributed by atoms with Crippen molar-refractivity contribution in [1.82, 2.24) is 0 Å². The van der Waals surface area contributed by atoms with E-state index < -0.39 is 24.1 Å². The molecule has 0 aliphatic heterocycles. The van der Waals surface area contributed by atoms with Crippen molar-refractivity contribution in [2.75, 3.05) is 12.0 Å². The number of benzene rings is 3. The van der Waals surface area contributed by atoms with Crippen molar-refractivity contribution < 1.29 is 29.0 Å². The topological polar surface area (TPSA) is 93.1 Å². The standard InChI is InChI=1S/C27H25NO6/c1-33-27(32)28(23-13-7-12-21-20-11-6-5-10-19(20)16-22(21)23)24(14-15-25(29)30)26(31)34-17-18-8-3-2-4-9-18/h2-13,24H,14-17H2,1H3,(H,29,30)/t24-/m0/s1. The lowest BCUT2D eigenvalue weighted by Gasteiger charge is -2.30. The highest BCUT2D eigenvalue weighted by Crippen LogP contribution is 2.42. The molecule has 0 unspecified atom stereocenters. The predicted molar refractivity (Wildman–Crippen MR) is 126 cm³/mol. The van der Waals surface area contributed by atoms with Gasteiger partial charge in [0, 0.05) is 12.8 Å². The zero-order chi connectivity index (χ0) is 24.1. The van der Waals surface area contributed by atoms with E-state index in [1.54, 1.807) is 6.07 Å². The number of carbonyl (C=O) groups excluding carboxylic acids is 2. The Balaban J connectivity index is 1.70. The van der Waals surface area contributed by atoms with Crippen molar-refractivity contribution in [2.45, 2.75) is 31.9 Å². The molecule has 1 atom stereocenters. The zero-order valence-corrected chi connectivity index (χ0v) is 18.8. The van der Waals surface area contributed by atoms with Crippen molar-refractivity contribution in [3.05, 3.63) is 89.5 Å². The van der Waals surface area contributed by atoms with Gasteiger partial charge in [0.25, 0.3) is 0 Å². The van der Waals surface area contributed by atoms with E-state index >= 15 is 0 Å². The quantitative estimate of drug-likeness (QED) is 0.380. The van der Waals surface area contributed by atoms with Gasteiger partial charge in [-0.05, 0) is 40.3 Å². The lowest BCUT2D eigenvalue weighted by molar-refractivity contribution is -0.147. The van der Waals surface area contributed by atoms with E-state index in [1.165, 1.54) is 12.0 Å². The number of rotatable bonds is 8. The van der Waals surface area contributed by atoms with Crippen LogP contribution in [0.15, 0.2) is 72.8 Å². The fourth-order valence-electron chi connectivity index (χ4n) is 4.30. The highest BCUT2D eigenvalue weighted by Gasteiger charge is 2.36. The van der Waals surface area contributed by atoms with Gasteiger partial charge in [-0.1, -0.05) is 66.7 Å². The van der Waals surface area contributed by atoms with E-state index in [9.17, 15) is 19.5 Å². The van der Waals surface area contributed by atoms with Crippen LogP contribution in [-0.4, -0.2) is 36.3 Å². The number of amides is 1. The molecule has 0 radical (unpaired) electrons. The second-order valence-corrected chi connectivity index (χ2v) is 8.02. The van der Waals surface area contributed by atoms with Crippen LogP contribution < -0.4 is 4.90 Å². The zero-order valence-electron chi connectivity index (χ0n) is 18.8. The highest BCUT2D eigenvalue weighted by molar-refractivity contribution is 5.98. The number of fused-ring (bicyclic) bond motifs is 3.